The smallest absolute Gasteiger partial charge is 0.323 e. The van der Waals surface area contributed by atoms with E-state index in [0.717, 1.165) is 18.2 Å². The third-order valence-electron chi connectivity index (χ3n) is 4.13. The molecular formula is C17H15F2N3O4S. The van der Waals surface area contributed by atoms with Crippen LogP contribution in [0.1, 0.15) is 0 Å². The highest BCUT2D eigenvalue weighted by Crippen LogP contribution is 2.20. The highest BCUT2D eigenvalue weighted by atomic mass is 32.2. The van der Waals surface area contributed by atoms with E-state index in [1.54, 1.807) is 7.05 Å². The van der Waals surface area contributed by atoms with Crippen LogP contribution in [0.4, 0.5) is 14.5 Å². The number of rotatable bonds is 4. The third-order valence-corrected chi connectivity index (χ3v) is 5.74. The van der Waals surface area contributed by atoms with Gasteiger partial charge in [-0.05, 0) is 30.3 Å². The van der Waals surface area contributed by atoms with E-state index in [2.05, 4.69) is 0 Å². The first-order chi connectivity index (χ1) is 12.6. The number of aryl methyl sites for hydroxylation is 2. The highest BCUT2D eigenvalue weighted by Gasteiger charge is 2.22. The van der Waals surface area contributed by atoms with E-state index < -0.39 is 38.8 Å². The van der Waals surface area contributed by atoms with Crippen LogP contribution in [-0.4, -0.2) is 29.2 Å². The number of fused-ring (bicyclic) bond motifs is 1. The average molecular weight is 395 g/mol. The summed E-state index contributed by atoms with van der Waals surface area (Å²) < 4.78 is 54.4. The third kappa shape index (κ3) is 3.47. The van der Waals surface area contributed by atoms with Gasteiger partial charge in [-0.3, -0.25) is 13.9 Å². The predicted octanol–water partition coefficient (Wildman–Crippen LogP) is 1.57. The number of carbonyl (C=O) groups is 1. The number of imidazole rings is 1. The molecule has 0 atom stereocenters. The van der Waals surface area contributed by atoms with Crippen molar-refractivity contribution in [3.05, 3.63) is 58.5 Å². The molecule has 1 aromatic heterocycles. The molecule has 1 amide bonds. The summed E-state index contributed by atoms with van der Waals surface area (Å²) in [5.41, 5.74) is 0.155. The molecule has 142 valence electrons. The van der Waals surface area contributed by atoms with Crippen LogP contribution in [0, 0.1) is 11.6 Å². The maximum Gasteiger partial charge on any atom is 0.328 e. The van der Waals surface area contributed by atoms with Crippen LogP contribution in [0.2, 0.25) is 0 Å². The van der Waals surface area contributed by atoms with Crippen LogP contribution >= 0.6 is 0 Å². The monoisotopic (exact) mass is 395 g/mol. The molecule has 0 fully saturated rings. The van der Waals surface area contributed by atoms with Gasteiger partial charge in [0, 0.05) is 20.2 Å². The first-order valence-electron chi connectivity index (χ1n) is 7.73. The largest absolute Gasteiger partial charge is 0.328 e. The summed E-state index contributed by atoms with van der Waals surface area (Å²) in [6, 6.07) is 6.50. The lowest BCUT2D eigenvalue weighted by molar-refractivity contribution is -0.113. The van der Waals surface area contributed by atoms with Gasteiger partial charge in [-0.1, -0.05) is 0 Å². The van der Waals surface area contributed by atoms with Crippen LogP contribution in [0.25, 0.3) is 11.0 Å². The molecule has 0 bridgehead atoms. The van der Waals surface area contributed by atoms with Gasteiger partial charge in [0.05, 0.1) is 21.6 Å². The number of halogens is 2. The Morgan fingerprint density at radius 2 is 1.70 bits per heavy atom. The standard InChI is InChI=1S/C17H15F2N3O4S/c1-21-14-6-4-11(8-15(14)22(2)17(21)24)27(25,26)9-16(23)20-13-7-10(18)3-5-12(13)19/h3-8H,9H2,1-2H3,(H,20,23). The lowest BCUT2D eigenvalue weighted by Gasteiger charge is -2.08. The number of anilines is 1. The fourth-order valence-electron chi connectivity index (χ4n) is 2.72. The maximum atomic E-state index is 13.6. The van der Waals surface area contributed by atoms with E-state index >= 15 is 0 Å². The summed E-state index contributed by atoms with van der Waals surface area (Å²) in [6.07, 6.45) is 0. The first-order valence-corrected chi connectivity index (χ1v) is 9.38. The molecule has 1 heterocycles. The second kappa shape index (κ2) is 6.62. The van der Waals surface area contributed by atoms with Crippen molar-refractivity contribution >= 4 is 32.5 Å². The molecule has 3 aromatic rings. The van der Waals surface area contributed by atoms with Gasteiger partial charge < -0.3 is 5.32 Å². The molecular weight excluding hydrogens is 380 g/mol. The number of hydrogen-bond acceptors (Lipinski definition) is 4. The summed E-state index contributed by atoms with van der Waals surface area (Å²) in [7, 11) is -1.01. The van der Waals surface area contributed by atoms with Crippen molar-refractivity contribution in [2.75, 3.05) is 11.1 Å². The van der Waals surface area contributed by atoms with E-state index in [4.69, 9.17) is 0 Å². The van der Waals surface area contributed by atoms with E-state index in [1.807, 2.05) is 5.32 Å². The van der Waals surface area contributed by atoms with Crippen molar-refractivity contribution in [3.63, 3.8) is 0 Å². The zero-order valence-corrected chi connectivity index (χ0v) is 15.2. The molecule has 0 radical (unpaired) electrons. The Morgan fingerprint density at radius 3 is 2.41 bits per heavy atom. The van der Waals surface area contributed by atoms with Crippen molar-refractivity contribution in [2.24, 2.45) is 14.1 Å². The molecule has 0 aliphatic heterocycles. The highest BCUT2D eigenvalue weighted by molar-refractivity contribution is 7.92. The quantitative estimate of drug-likeness (QED) is 0.726. The summed E-state index contributed by atoms with van der Waals surface area (Å²) in [5.74, 6) is -3.63. The zero-order chi connectivity index (χ0) is 19.9. The Labute approximate surface area is 152 Å². The second-order valence-electron chi connectivity index (χ2n) is 5.98. The Kier molecular flexibility index (Phi) is 4.60. The molecule has 0 unspecified atom stereocenters. The van der Waals surface area contributed by atoms with E-state index in [1.165, 1.54) is 34.4 Å². The minimum absolute atomic E-state index is 0.161. The van der Waals surface area contributed by atoms with E-state index in [0.29, 0.717) is 11.0 Å². The molecule has 27 heavy (non-hydrogen) atoms. The molecule has 3 rings (SSSR count). The summed E-state index contributed by atoms with van der Waals surface area (Å²) >= 11 is 0. The van der Waals surface area contributed by atoms with Gasteiger partial charge in [0.2, 0.25) is 5.91 Å². The van der Waals surface area contributed by atoms with Crippen LogP contribution in [-0.2, 0) is 28.7 Å². The SMILES string of the molecule is Cn1c(=O)n(C)c2cc(S(=O)(=O)CC(=O)Nc3cc(F)ccc3F)ccc21. The predicted molar refractivity (Wildman–Crippen MR) is 95.2 cm³/mol. The molecule has 10 heteroatoms. The normalized spacial score (nSPS) is 11.7. The van der Waals surface area contributed by atoms with Gasteiger partial charge >= 0.3 is 5.69 Å². The Hall–Kier alpha value is -3.01. The molecule has 2 aromatic carbocycles. The lowest BCUT2D eigenvalue weighted by atomic mass is 10.3. The summed E-state index contributed by atoms with van der Waals surface area (Å²) in [5, 5.41) is 2.05. The van der Waals surface area contributed by atoms with Crippen LogP contribution in [0.15, 0.2) is 46.1 Å². The van der Waals surface area contributed by atoms with Gasteiger partial charge in [-0.25, -0.2) is 22.0 Å². The van der Waals surface area contributed by atoms with Gasteiger partial charge in [0.1, 0.15) is 17.4 Å². The first kappa shape index (κ1) is 18.8. The van der Waals surface area contributed by atoms with Gasteiger partial charge in [-0.15, -0.1) is 0 Å². The lowest BCUT2D eigenvalue weighted by Crippen LogP contribution is -2.23. The summed E-state index contributed by atoms with van der Waals surface area (Å²) in [6.45, 7) is 0. The van der Waals surface area contributed by atoms with Gasteiger partial charge in [0.25, 0.3) is 0 Å². The van der Waals surface area contributed by atoms with Crippen molar-refractivity contribution < 1.29 is 22.0 Å². The molecule has 7 nitrogen and oxygen atoms in total. The van der Waals surface area contributed by atoms with Gasteiger partial charge in [-0.2, -0.15) is 0 Å². The fraction of sp³-hybridized carbons (Fsp3) is 0.176. The number of aromatic nitrogens is 2. The molecule has 0 saturated heterocycles. The number of nitrogens with zero attached hydrogens (tertiary/aromatic N) is 2. The van der Waals surface area contributed by atoms with Crippen molar-refractivity contribution in [3.8, 4) is 0 Å². The van der Waals surface area contributed by atoms with Crippen LogP contribution in [0.3, 0.4) is 0 Å². The minimum atomic E-state index is -4.07. The Balaban J connectivity index is 1.89. The van der Waals surface area contributed by atoms with Crippen molar-refractivity contribution in [1.29, 1.82) is 0 Å². The second-order valence-corrected chi connectivity index (χ2v) is 7.97. The number of sulfone groups is 1. The van der Waals surface area contributed by atoms with E-state index in [9.17, 15) is 26.8 Å². The molecule has 0 aliphatic carbocycles. The topological polar surface area (TPSA) is 90.2 Å². The van der Waals surface area contributed by atoms with E-state index in [-0.39, 0.29) is 10.6 Å². The Bertz CT molecular complexity index is 1230. The van der Waals surface area contributed by atoms with Crippen molar-refractivity contribution in [2.45, 2.75) is 4.90 Å². The maximum absolute atomic E-state index is 13.6. The summed E-state index contributed by atoms with van der Waals surface area (Å²) in [4.78, 5) is 23.8. The molecule has 0 saturated carbocycles. The van der Waals surface area contributed by atoms with Crippen LogP contribution in [0.5, 0.6) is 0 Å². The van der Waals surface area contributed by atoms with Gasteiger partial charge in [0.15, 0.2) is 9.84 Å². The number of hydrogen-bond donors (Lipinski definition) is 1. The fourth-order valence-corrected chi connectivity index (χ4v) is 3.87. The number of nitrogens with one attached hydrogen (secondary N) is 1. The van der Waals surface area contributed by atoms with Crippen LogP contribution < -0.4 is 11.0 Å². The zero-order valence-electron chi connectivity index (χ0n) is 14.4. The van der Waals surface area contributed by atoms with Crippen molar-refractivity contribution in [1.82, 2.24) is 9.13 Å². The average Bonchev–Trinajstić information content (AvgIpc) is 2.82. The molecule has 0 spiro atoms. The number of benzene rings is 2. The Morgan fingerprint density at radius 1 is 1.04 bits per heavy atom. The molecule has 1 N–H and O–H groups in total. The number of amides is 1. The number of carbonyl (C=O) groups excluding carboxylic acids is 1. The minimum Gasteiger partial charge on any atom is -0.323 e. The molecule has 0 aliphatic rings.